The zero-order valence-electron chi connectivity index (χ0n) is 16.4. The lowest BCUT2D eigenvalue weighted by atomic mass is 10.1. The SMILES string of the molecule is [2H]C([2H])([2H])N(c1cncnc1)c1cc(NC(=O)c2cccc(C)c2)ccc1Cl. The Morgan fingerprint density at radius 3 is 2.72 bits per heavy atom. The molecule has 0 aliphatic rings. The predicted molar refractivity (Wildman–Crippen MR) is 101 cm³/mol. The van der Waals surface area contributed by atoms with E-state index in [1.807, 2.05) is 13.0 Å². The van der Waals surface area contributed by atoms with Gasteiger partial charge in [0.25, 0.3) is 5.91 Å². The van der Waals surface area contributed by atoms with Gasteiger partial charge in [0.1, 0.15) is 6.33 Å². The van der Waals surface area contributed by atoms with E-state index in [0.717, 1.165) is 10.5 Å². The van der Waals surface area contributed by atoms with Gasteiger partial charge in [-0.25, -0.2) is 9.97 Å². The molecule has 0 spiro atoms. The number of carbonyl (C=O) groups excluding carboxylic acids is 1. The number of rotatable bonds is 4. The lowest BCUT2D eigenvalue weighted by Gasteiger charge is -2.20. The van der Waals surface area contributed by atoms with Crippen LogP contribution in [0.2, 0.25) is 5.02 Å². The number of aromatic nitrogens is 2. The zero-order chi connectivity index (χ0) is 20.3. The summed E-state index contributed by atoms with van der Waals surface area (Å²) in [6, 6.07) is 11.8. The first-order chi connectivity index (χ1) is 13.3. The van der Waals surface area contributed by atoms with Gasteiger partial charge in [0.05, 0.1) is 28.8 Å². The molecule has 5 nitrogen and oxygen atoms in total. The van der Waals surface area contributed by atoms with Crippen molar-refractivity contribution in [2.45, 2.75) is 6.92 Å². The molecule has 1 heterocycles. The van der Waals surface area contributed by atoms with Crippen LogP contribution in [0.5, 0.6) is 0 Å². The number of anilines is 3. The number of nitrogens with one attached hydrogen (secondary N) is 1. The highest BCUT2D eigenvalue weighted by atomic mass is 35.5. The van der Waals surface area contributed by atoms with Crippen molar-refractivity contribution in [3.05, 3.63) is 77.3 Å². The summed E-state index contributed by atoms with van der Waals surface area (Å²) < 4.78 is 23.7. The van der Waals surface area contributed by atoms with Crippen LogP contribution in [0.3, 0.4) is 0 Å². The first-order valence-corrected chi connectivity index (χ1v) is 7.86. The number of hydrogen-bond acceptors (Lipinski definition) is 4. The second-order valence-electron chi connectivity index (χ2n) is 5.42. The summed E-state index contributed by atoms with van der Waals surface area (Å²) in [7, 11) is 0. The number of halogens is 1. The zero-order valence-corrected chi connectivity index (χ0v) is 14.2. The molecule has 2 aromatic carbocycles. The summed E-state index contributed by atoms with van der Waals surface area (Å²) in [6.07, 6.45) is 4.07. The van der Waals surface area contributed by atoms with Crippen molar-refractivity contribution < 1.29 is 8.91 Å². The van der Waals surface area contributed by atoms with E-state index in [1.165, 1.54) is 30.9 Å². The molecule has 3 aromatic rings. The topological polar surface area (TPSA) is 58.1 Å². The Kier molecular flexibility index (Phi) is 3.92. The monoisotopic (exact) mass is 355 g/mol. The lowest BCUT2D eigenvalue weighted by Crippen LogP contribution is -2.14. The maximum Gasteiger partial charge on any atom is 0.255 e. The van der Waals surface area contributed by atoms with Crippen LogP contribution < -0.4 is 10.2 Å². The largest absolute Gasteiger partial charge is 0.341 e. The maximum atomic E-state index is 12.5. The van der Waals surface area contributed by atoms with Gasteiger partial charge in [-0.2, -0.15) is 0 Å². The molecule has 3 rings (SSSR count). The first kappa shape index (κ1) is 13.4. The summed E-state index contributed by atoms with van der Waals surface area (Å²) in [5, 5.41) is 2.99. The van der Waals surface area contributed by atoms with Crippen molar-refractivity contribution in [1.82, 2.24) is 9.97 Å². The molecule has 25 heavy (non-hydrogen) atoms. The predicted octanol–water partition coefficient (Wildman–Crippen LogP) is 4.46. The lowest BCUT2D eigenvalue weighted by molar-refractivity contribution is 0.102. The molecule has 1 aromatic heterocycles. The molecule has 0 aliphatic heterocycles. The third-order valence-corrected chi connectivity index (χ3v) is 3.85. The number of aryl methyl sites for hydroxylation is 1. The highest BCUT2D eigenvalue weighted by molar-refractivity contribution is 6.33. The normalized spacial score (nSPS) is 12.6. The van der Waals surface area contributed by atoms with Gasteiger partial charge >= 0.3 is 0 Å². The van der Waals surface area contributed by atoms with E-state index in [9.17, 15) is 4.79 Å². The van der Waals surface area contributed by atoms with Gasteiger partial charge < -0.3 is 10.2 Å². The van der Waals surface area contributed by atoms with Crippen LogP contribution in [0.15, 0.2) is 61.2 Å². The third-order valence-electron chi connectivity index (χ3n) is 3.53. The Labute approximate surface area is 155 Å². The van der Waals surface area contributed by atoms with Crippen molar-refractivity contribution >= 4 is 34.6 Å². The molecule has 6 heteroatoms. The third kappa shape index (κ3) is 3.95. The minimum absolute atomic E-state index is 0.207. The second kappa shape index (κ2) is 7.32. The molecule has 0 saturated carbocycles. The molecule has 0 aliphatic carbocycles. The van der Waals surface area contributed by atoms with Gasteiger partial charge in [0.2, 0.25) is 0 Å². The Balaban J connectivity index is 1.97. The Bertz CT molecular complexity index is 996. The van der Waals surface area contributed by atoms with Crippen molar-refractivity contribution in [3.63, 3.8) is 0 Å². The van der Waals surface area contributed by atoms with Crippen molar-refractivity contribution in [2.24, 2.45) is 0 Å². The van der Waals surface area contributed by atoms with E-state index in [0.29, 0.717) is 11.3 Å². The Morgan fingerprint density at radius 1 is 1.20 bits per heavy atom. The molecule has 0 radical (unpaired) electrons. The molecule has 0 unspecified atom stereocenters. The first-order valence-electron chi connectivity index (χ1n) is 8.98. The number of nitrogens with zero attached hydrogens (tertiary/aromatic N) is 3. The fraction of sp³-hybridized carbons (Fsp3) is 0.105. The molecule has 126 valence electrons. The average molecular weight is 356 g/mol. The molecule has 1 N–H and O–H groups in total. The minimum atomic E-state index is -2.53. The van der Waals surface area contributed by atoms with E-state index in [4.69, 9.17) is 15.7 Å². The maximum absolute atomic E-state index is 12.5. The fourth-order valence-corrected chi connectivity index (χ4v) is 2.50. The second-order valence-corrected chi connectivity index (χ2v) is 5.83. The minimum Gasteiger partial charge on any atom is -0.341 e. The number of hydrogen-bond donors (Lipinski definition) is 1. The quantitative estimate of drug-likeness (QED) is 0.750. The van der Waals surface area contributed by atoms with E-state index < -0.39 is 6.98 Å². The Hall–Kier alpha value is -2.92. The van der Waals surface area contributed by atoms with Gasteiger partial charge in [0.15, 0.2) is 0 Å². The molecular formula is C19H17ClN4O. The molecule has 1 amide bonds. The number of carbonyl (C=O) groups is 1. The Morgan fingerprint density at radius 2 is 2.00 bits per heavy atom. The molecule has 0 saturated heterocycles. The summed E-state index contributed by atoms with van der Waals surface area (Å²) >= 11 is 6.28. The number of amides is 1. The highest BCUT2D eigenvalue weighted by Gasteiger charge is 2.12. The summed E-state index contributed by atoms with van der Waals surface area (Å²) in [6.45, 7) is -0.638. The summed E-state index contributed by atoms with van der Waals surface area (Å²) in [5.41, 5.74) is 2.34. The van der Waals surface area contributed by atoms with E-state index in [1.54, 1.807) is 24.3 Å². The molecular weight excluding hydrogens is 336 g/mol. The van der Waals surface area contributed by atoms with Crippen LogP contribution in [0.4, 0.5) is 17.1 Å². The van der Waals surface area contributed by atoms with Gasteiger partial charge in [0, 0.05) is 22.3 Å². The van der Waals surface area contributed by atoms with Crippen LogP contribution in [0.25, 0.3) is 0 Å². The van der Waals surface area contributed by atoms with Crippen LogP contribution in [0.1, 0.15) is 20.0 Å². The van der Waals surface area contributed by atoms with E-state index >= 15 is 0 Å². The number of benzene rings is 2. The molecule has 0 atom stereocenters. The molecule has 0 fully saturated rings. The van der Waals surface area contributed by atoms with Crippen molar-refractivity contribution in [2.75, 3.05) is 17.2 Å². The average Bonchev–Trinajstić information content (AvgIpc) is 2.64. The van der Waals surface area contributed by atoms with Gasteiger partial charge in [-0.3, -0.25) is 4.79 Å². The summed E-state index contributed by atoms with van der Waals surface area (Å²) in [4.78, 5) is 21.3. The van der Waals surface area contributed by atoms with Crippen molar-refractivity contribution in [3.8, 4) is 0 Å². The van der Waals surface area contributed by atoms with Gasteiger partial charge in [-0.05, 0) is 37.3 Å². The van der Waals surface area contributed by atoms with Crippen LogP contribution >= 0.6 is 11.6 Å². The van der Waals surface area contributed by atoms with Gasteiger partial charge in [-0.15, -0.1) is 0 Å². The van der Waals surface area contributed by atoms with Crippen LogP contribution in [-0.4, -0.2) is 22.9 Å². The van der Waals surface area contributed by atoms with E-state index in [2.05, 4.69) is 15.3 Å². The summed E-state index contributed by atoms with van der Waals surface area (Å²) in [5.74, 6) is -0.305. The smallest absolute Gasteiger partial charge is 0.255 e. The van der Waals surface area contributed by atoms with Crippen LogP contribution in [-0.2, 0) is 0 Å². The van der Waals surface area contributed by atoms with E-state index in [-0.39, 0.29) is 22.3 Å². The van der Waals surface area contributed by atoms with Gasteiger partial charge in [-0.1, -0.05) is 29.3 Å². The molecule has 0 bridgehead atoms. The fourth-order valence-electron chi connectivity index (χ4n) is 2.30. The van der Waals surface area contributed by atoms with Crippen LogP contribution in [0, 0.1) is 6.92 Å². The highest BCUT2D eigenvalue weighted by Crippen LogP contribution is 2.32. The standard InChI is InChI=1S/C19H17ClN4O/c1-13-4-3-5-14(8-13)19(25)23-15-6-7-17(20)18(9-15)24(2)16-10-21-12-22-11-16/h3-12H,1-2H3,(H,23,25)/i2D3. The van der Waals surface area contributed by atoms with Crippen molar-refractivity contribution in [1.29, 1.82) is 0 Å².